The Kier molecular flexibility index (Phi) is 15.3. The molecule has 0 spiro atoms. The molecular formula is C28H42N6O7S2. The third-order valence-electron chi connectivity index (χ3n) is 6.99. The minimum Gasteiger partial charge on any atom is -0.480 e. The van der Waals surface area contributed by atoms with Gasteiger partial charge >= 0.3 is 5.97 Å². The van der Waals surface area contributed by atoms with Crippen molar-refractivity contribution in [3.05, 3.63) is 35.9 Å². The van der Waals surface area contributed by atoms with Gasteiger partial charge in [-0.2, -0.15) is 25.3 Å². The predicted octanol–water partition coefficient (Wildman–Crippen LogP) is -0.748. The summed E-state index contributed by atoms with van der Waals surface area (Å²) in [6.45, 7) is 1.79. The van der Waals surface area contributed by atoms with Crippen LogP contribution >= 0.6 is 25.3 Å². The summed E-state index contributed by atoms with van der Waals surface area (Å²) in [5.74, 6) is -4.11. The molecule has 13 nitrogen and oxygen atoms in total. The third kappa shape index (κ3) is 11.4. The second-order valence-electron chi connectivity index (χ2n) is 10.3. The van der Waals surface area contributed by atoms with E-state index < -0.39 is 72.3 Å². The van der Waals surface area contributed by atoms with E-state index in [1.165, 1.54) is 4.90 Å². The van der Waals surface area contributed by atoms with E-state index in [-0.39, 0.29) is 24.5 Å². The minimum absolute atomic E-state index is 0.0918. The molecule has 1 heterocycles. The molecular weight excluding hydrogens is 596 g/mol. The van der Waals surface area contributed by atoms with E-state index in [9.17, 15) is 33.9 Å². The summed E-state index contributed by atoms with van der Waals surface area (Å²) < 4.78 is 0. The molecule has 0 radical (unpaired) electrons. The molecule has 1 fully saturated rings. The van der Waals surface area contributed by atoms with Crippen LogP contribution in [-0.2, 0) is 35.2 Å². The normalized spacial score (nSPS) is 17.2. The lowest BCUT2D eigenvalue weighted by molar-refractivity contribution is -0.144. The molecule has 1 saturated heterocycles. The number of benzene rings is 1. The lowest BCUT2D eigenvalue weighted by atomic mass is 10.0. The number of nitrogens with one attached hydrogen (secondary N) is 4. The lowest BCUT2D eigenvalue weighted by Crippen LogP contribution is -2.58. The quantitative estimate of drug-likeness (QED) is 0.102. The number of likely N-dealkylation sites (tertiary alicyclic amines) is 1. The standard InChI is InChI=1S/C28H42N6O7S2/c1-2-3-10-19(27(39)34-12-7-11-22(34)26(38)33-21(16-43)28(40)41)32-25(37)20(13-17-8-5-4-6-9-17)31-23(35)14-30-24(36)18(29)15-42/h4-6,8-9,18-22,42-43H,2-3,7,10-16,29H2,1H3,(H,30,36)(H,31,35)(H,32,37)(H,33,38)(H,40,41)/t18-,19-,20-,21-,22-/m0/s1. The average Bonchev–Trinajstić information content (AvgIpc) is 3.50. The highest BCUT2D eigenvalue weighted by Crippen LogP contribution is 2.20. The van der Waals surface area contributed by atoms with Crippen molar-refractivity contribution in [1.29, 1.82) is 0 Å². The fourth-order valence-corrected chi connectivity index (χ4v) is 4.99. The zero-order valence-electron chi connectivity index (χ0n) is 24.2. The van der Waals surface area contributed by atoms with E-state index in [2.05, 4.69) is 46.5 Å². The van der Waals surface area contributed by atoms with Crippen molar-refractivity contribution in [3.63, 3.8) is 0 Å². The van der Waals surface area contributed by atoms with Crippen molar-refractivity contribution < 1.29 is 33.9 Å². The van der Waals surface area contributed by atoms with Crippen LogP contribution in [0.15, 0.2) is 30.3 Å². The summed E-state index contributed by atoms with van der Waals surface area (Å²) in [4.78, 5) is 77.6. The molecule has 1 aromatic carbocycles. The van der Waals surface area contributed by atoms with Gasteiger partial charge in [-0.1, -0.05) is 50.1 Å². The molecule has 0 bridgehead atoms. The van der Waals surface area contributed by atoms with Gasteiger partial charge < -0.3 is 37.0 Å². The fourth-order valence-electron chi connectivity index (χ4n) is 4.58. The summed E-state index contributed by atoms with van der Waals surface area (Å²) in [7, 11) is 0. The van der Waals surface area contributed by atoms with Crippen molar-refractivity contribution in [2.75, 3.05) is 24.6 Å². The Morgan fingerprint density at radius 1 is 0.977 bits per heavy atom. The van der Waals surface area contributed by atoms with Crippen LogP contribution in [0.25, 0.3) is 0 Å². The summed E-state index contributed by atoms with van der Waals surface area (Å²) in [5, 5.41) is 19.5. The van der Waals surface area contributed by atoms with Crippen molar-refractivity contribution in [1.82, 2.24) is 26.2 Å². The van der Waals surface area contributed by atoms with Crippen LogP contribution in [0.5, 0.6) is 0 Å². The maximum atomic E-state index is 13.7. The van der Waals surface area contributed by atoms with E-state index in [0.717, 1.165) is 12.0 Å². The van der Waals surface area contributed by atoms with Crippen LogP contribution in [0.3, 0.4) is 0 Å². The molecule has 238 valence electrons. The number of rotatable bonds is 17. The van der Waals surface area contributed by atoms with Gasteiger partial charge in [0.05, 0.1) is 12.6 Å². The number of hydrogen-bond donors (Lipinski definition) is 8. The molecule has 0 saturated carbocycles. The molecule has 5 atom stereocenters. The van der Waals surface area contributed by atoms with Gasteiger partial charge in [-0.25, -0.2) is 4.79 Å². The molecule has 0 unspecified atom stereocenters. The Bertz CT molecular complexity index is 1130. The van der Waals surface area contributed by atoms with Gasteiger partial charge in [-0.15, -0.1) is 0 Å². The fraction of sp³-hybridized carbons (Fsp3) is 0.571. The van der Waals surface area contributed by atoms with E-state index in [1.54, 1.807) is 24.3 Å². The number of thiol groups is 2. The highest BCUT2D eigenvalue weighted by molar-refractivity contribution is 7.80. The Hall–Kier alpha value is -3.30. The number of amides is 5. The summed E-state index contributed by atoms with van der Waals surface area (Å²) in [5.41, 5.74) is 6.39. The first-order valence-electron chi connectivity index (χ1n) is 14.2. The number of carboxylic acid groups (broad SMARTS) is 1. The summed E-state index contributed by atoms with van der Waals surface area (Å²) in [6, 6.07) is 3.94. The van der Waals surface area contributed by atoms with Gasteiger partial charge in [-0.3, -0.25) is 24.0 Å². The second kappa shape index (κ2) is 18.4. The lowest BCUT2D eigenvalue weighted by Gasteiger charge is -2.30. The Balaban J connectivity index is 2.20. The third-order valence-corrected chi connectivity index (χ3v) is 7.75. The van der Waals surface area contributed by atoms with Crippen molar-refractivity contribution in [3.8, 4) is 0 Å². The Labute approximate surface area is 262 Å². The van der Waals surface area contributed by atoms with Gasteiger partial charge in [-0.05, 0) is 24.8 Å². The number of aliphatic carboxylic acids is 1. The molecule has 0 aromatic heterocycles. The van der Waals surface area contributed by atoms with E-state index in [0.29, 0.717) is 25.7 Å². The van der Waals surface area contributed by atoms with Gasteiger partial charge in [0.2, 0.25) is 29.5 Å². The topological polar surface area (TPSA) is 200 Å². The SMILES string of the molecule is CCCC[C@H](NC(=O)[C@H](Cc1ccccc1)NC(=O)CNC(=O)[C@@H](N)CS)C(=O)N1CCC[C@H]1C(=O)N[C@@H](CS)C(=O)O. The first-order valence-corrected chi connectivity index (χ1v) is 15.5. The number of carbonyl (C=O) groups is 6. The van der Waals surface area contributed by atoms with Crippen molar-refractivity contribution in [2.24, 2.45) is 5.73 Å². The van der Waals surface area contributed by atoms with E-state index in [4.69, 9.17) is 5.73 Å². The number of nitrogens with two attached hydrogens (primary N) is 1. The molecule has 43 heavy (non-hydrogen) atoms. The highest BCUT2D eigenvalue weighted by Gasteiger charge is 2.39. The number of carboxylic acids is 1. The monoisotopic (exact) mass is 638 g/mol. The van der Waals surface area contributed by atoms with Gasteiger partial charge in [0.1, 0.15) is 24.2 Å². The Morgan fingerprint density at radius 3 is 2.28 bits per heavy atom. The zero-order valence-corrected chi connectivity index (χ0v) is 25.9. The smallest absolute Gasteiger partial charge is 0.327 e. The minimum atomic E-state index is -1.23. The first-order chi connectivity index (χ1) is 20.5. The van der Waals surface area contributed by atoms with Crippen molar-refractivity contribution >= 4 is 60.8 Å². The molecule has 5 amide bonds. The van der Waals surface area contributed by atoms with Crippen LogP contribution in [-0.4, -0.2) is 100 Å². The molecule has 1 aromatic rings. The van der Waals surface area contributed by atoms with E-state index >= 15 is 0 Å². The highest BCUT2D eigenvalue weighted by atomic mass is 32.1. The first kappa shape index (κ1) is 35.9. The molecule has 15 heteroatoms. The van der Waals surface area contributed by atoms with Gasteiger partial charge in [0.15, 0.2) is 0 Å². The van der Waals surface area contributed by atoms with Crippen LogP contribution in [0.1, 0.15) is 44.6 Å². The summed E-state index contributed by atoms with van der Waals surface area (Å²) in [6.07, 6.45) is 2.64. The molecule has 7 N–H and O–H groups in total. The van der Waals surface area contributed by atoms with Crippen LogP contribution in [0, 0.1) is 0 Å². The van der Waals surface area contributed by atoms with Crippen molar-refractivity contribution in [2.45, 2.75) is 75.7 Å². The summed E-state index contributed by atoms with van der Waals surface area (Å²) >= 11 is 7.94. The maximum absolute atomic E-state index is 13.7. The Morgan fingerprint density at radius 2 is 1.67 bits per heavy atom. The molecule has 2 rings (SSSR count). The number of nitrogens with zero attached hydrogens (tertiary/aromatic N) is 1. The number of carbonyl (C=O) groups excluding carboxylic acids is 5. The van der Waals surface area contributed by atoms with Crippen LogP contribution < -0.4 is 27.0 Å². The number of hydrogen-bond acceptors (Lipinski definition) is 9. The molecule has 1 aliphatic heterocycles. The molecule has 0 aliphatic carbocycles. The molecule has 1 aliphatic rings. The van der Waals surface area contributed by atoms with Gasteiger partial charge in [0.25, 0.3) is 0 Å². The average molecular weight is 639 g/mol. The largest absolute Gasteiger partial charge is 0.480 e. The van der Waals surface area contributed by atoms with E-state index in [1.807, 2.05) is 13.0 Å². The number of unbranched alkanes of at least 4 members (excludes halogenated alkanes) is 1. The maximum Gasteiger partial charge on any atom is 0.327 e. The van der Waals surface area contributed by atoms with Crippen LogP contribution in [0.2, 0.25) is 0 Å². The van der Waals surface area contributed by atoms with Gasteiger partial charge in [0, 0.05) is 24.5 Å². The predicted molar refractivity (Wildman–Crippen MR) is 167 cm³/mol. The van der Waals surface area contributed by atoms with Crippen LogP contribution in [0.4, 0.5) is 0 Å². The zero-order chi connectivity index (χ0) is 31.9. The second-order valence-corrected chi connectivity index (χ2v) is 11.0.